The van der Waals surface area contributed by atoms with E-state index >= 15 is 0 Å². The molecule has 0 saturated carbocycles. The molecule has 0 unspecified atom stereocenters. The molecule has 0 fully saturated rings. The van der Waals surface area contributed by atoms with Crippen LogP contribution in [-0.4, -0.2) is 64.8 Å². The lowest BCUT2D eigenvalue weighted by Gasteiger charge is -2.18. The van der Waals surface area contributed by atoms with Crippen molar-refractivity contribution in [2.24, 2.45) is 0 Å². The minimum atomic E-state index is -0.0717. The molecule has 182 valence electrons. The van der Waals surface area contributed by atoms with Crippen molar-refractivity contribution in [2.75, 3.05) is 13.1 Å². The molecular weight excluding hydrogens is 456 g/mol. The number of hydrogen-bond donors (Lipinski definition) is 2. The van der Waals surface area contributed by atoms with Crippen LogP contribution < -0.4 is 0 Å². The molecule has 0 radical (unpaired) electrons. The largest absolute Gasteiger partial charge is 0.339 e. The molecule has 10 heteroatoms. The topological polar surface area (TPSA) is 133 Å². The van der Waals surface area contributed by atoms with Crippen LogP contribution in [0.1, 0.15) is 43.2 Å². The maximum atomic E-state index is 13.0. The number of H-pyrrole nitrogens is 2. The van der Waals surface area contributed by atoms with Gasteiger partial charge in [0.1, 0.15) is 11.5 Å². The second-order valence-electron chi connectivity index (χ2n) is 8.42. The summed E-state index contributed by atoms with van der Waals surface area (Å²) in [6.45, 7) is 6.98. The van der Waals surface area contributed by atoms with Crippen molar-refractivity contribution in [1.29, 1.82) is 0 Å². The van der Waals surface area contributed by atoms with E-state index in [0.717, 1.165) is 22.2 Å². The first-order valence-corrected chi connectivity index (χ1v) is 12.0. The Morgan fingerprint density at radius 1 is 0.944 bits per heavy atom. The molecule has 5 heterocycles. The number of aromatic nitrogens is 7. The van der Waals surface area contributed by atoms with Crippen molar-refractivity contribution in [3.63, 3.8) is 0 Å². The number of carbonyl (C=O) groups is 2. The highest BCUT2D eigenvalue weighted by atomic mass is 16.2. The number of nitrogens with zero attached hydrogens (tertiary/aromatic N) is 6. The first kappa shape index (κ1) is 23.3. The fraction of sp³-hybridized carbons (Fsp3) is 0.269. The number of nitrogens with one attached hydrogen (secondary N) is 2. The molecule has 0 saturated heterocycles. The Balaban J connectivity index is 1.52. The summed E-state index contributed by atoms with van der Waals surface area (Å²) >= 11 is 0. The zero-order valence-electron chi connectivity index (χ0n) is 20.4. The van der Waals surface area contributed by atoms with Gasteiger partial charge >= 0.3 is 0 Å². The Morgan fingerprint density at radius 3 is 2.47 bits per heavy atom. The Morgan fingerprint density at radius 2 is 1.75 bits per heavy atom. The van der Waals surface area contributed by atoms with Gasteiger partial charge in [-0.25, -0.2) is 15.0 Å². The third kappa shape index (κ3) is 4.21. The van der Waals surface area contributed by atoms with Gasteiger partial charge in [-0.3, -0.25) is 19.7 Å². The summed E-state index contributed by atoms with van der Waals surface area (Å²) < 4.78 is 0. The van der Waals surface area contributed by atoms with Crippen LogP contribution >= 0.6 is 0 Å². The van der Waals surface area contributed by atoms with E-state index in [4.69, 9.17) is 0 Å². The Kier molecular flexibility index (Phi) is 6.24. The van der Waals surface area contributed by atoms with Crippen molar-refractivity contribution in [3.8, 4) is 22.6 Å². The van der Waals surface area contributed by atoms with Gasteiger partial charge in [-0.1, -0.05) is 13.0 Å². The van der Waals surface area contributed by atoms with Crippen molar-refractivity contribution < 1.29 is 9.59 Å². The first-order chi connectivity index (χ1) is 17.5. The fourth-order valence-corrected chi connectivity index (χ4v) is 4.15. The minimum absolute atomic E-state index is 0.0717. The summed E-state index contributed by atoms with van der Waals surface area (Å²) in [6, 6.07) is 7.48. The van der Waals surface area contributed by atoms with Crippen molar-refractivity contribution >= 4 is 33.9 Å². The van der Waals surface area contributed by atoms with Gasteiger partial charge in [0, 0.05) is 61.3 Å². The van der Waals surface area contributed by atoms with Crippen molar-refractivity contribution in [3.05, 3.63) is 54.1 Å². The maximum Gasteiger partial charge on any atom is 0.256 e. The zero-order chi connectivity index (χ0) is 25.2. The summed E-state index contributed by atoms with van der Waals surface area (Å²) in [5.41, 5.74) is 5.23. The summed E-state index contributed by atoms with van der Waals surface area (Å²) in [5, 5.41) is 8.11. The molecule has 2 N–H and O–H groups in total. The molecular formula is C26H26N8O2. The summed E-state index contributed by atoms with van der Waals surface area (Å²) in [4.78, 5) is 47.7. The zero-order valence-corrected chi connectivity index (χ0v) is 20.4. The highest BCUT2D eigenvalue weighted by Gasteiger charge is 2.20. The Bertz CT molecular complexity index is 1560. The van der Waals surface area contributed by atoms with Gasteiger partial charge in [0.2, 0.25) is 0 Å². The Hall–Kier alpha value is -4.47. The van der Waals surface area contributed by atoms with Crippen LogP contribution in [0.3, 0.4) is 0 Å². The van der Waals surface area contributed by atoms with E-state index in [0.29, 0.717) is 59.8 Å². The molecule has 0 bridgehead atoms. The van der Waals surface area contributed by atoms with Crippen LogP contribution in [0.2, 0.25) is 0 Å². The number of rotatable bonds is 8. The van der Waals surface area contributed by atoms with E-state index in [2.05, 4.69) is 35.1 Å². The molecule has 0 aliphatic rings. The molecule has 10 nitrogen and oxygen atoms in total. The molecule has 0 aliphatic heterocycles. The fourth-order valence-electron chi connectivity index (χ4n) is 4.15. The standard InChI is InChI=1S/C26H26N8O2/c1-4-18(35)12-17-8-7-15(13-28-17)16-11-20-22(32-33-23(20)29-14-16)25-30-21-19(9-10-27-24(21)31-25)26(36)34(5-2)6-3/h7-11,13-14H,4-6,12H2,1-3H3,(H,27,30,31)(H,29,32,33). The van der Waals surface area contributed by atoms with Gasteiger partial charge in [-0.2, -0.15) is 5.10 Å². The number of amides is 1. The van der Waals surface area contributed by atoms with Crippen molar-refractivity contribution in [1.82, 2.24) is 40.0 Å². The van der Waals surface area contributed by atoms with Crippen LogP contribution in [0.25, 0.3) is 44.8 Å². The van der Waals surface area contributed by atoms with E-state index < -0.39 is 0 Å². The highest BCUT2D eigenvalue weighted by molar-refractivity contribution is 6.05. The molecule has 5 aromatic heterocycles. The number of ketones is 1. The number of fused-ring (bicyclic) bond motifs is 2. The van der Waals surface area contributed by atoms with Crippen LogP contribution in [0, 0.1) is 0 Å². The van der Waals surface area contributed by atoms with Crippen LogP contribution in [-0.2, 0) is 11.2 Å². The second kappa shape index (κ2) is 9.65. The van der Waals surface area contributed by atoms with Gasteiger partial charge in [-0.05, 0) is 32.0 Å². The van der Waals surface area contributed by atoms with Crippen LogP contribution in [0.5, 0.6) is 0 Å². The van der Waals surface area contributed by atoms with E-state index in [1.807, 2.05) is 39.0 Å². The predicted molar refractivity (Wildman–Crippen MR) is 136 cm³/mol. The minimum Gasteiger partial charge on any atom is -0.339 e. The SMILES string of the molecule is CCC(=O)Cc1ccc(-c2cnc3n[nH]c(-c4nc5nccc(C(=O)N(CC)CC)c5[nH]4)c3c2)cn1. The number of aromatic amines is 2. The van der Waals surface area contributed by atoms with E-state index in [9.17, 15) is 9.59 Å². The second-order valence-corrected chi connectivity index (χ2v) is 8.42. The predicted octanol–water partition coefficient (Wildman–Crippen LogP) is 3.96. The number of Topliss-reactive ketones (excluding diaryl/α,β-unsaturated/α-hetero) is 1. The number of imidazole rings is 1. The van der Waals surface area contributed by atoms with Gasteiger partial charge < -0.3 is 9.88 Å². The molecule has 5 aromatic rings. The molecule has 0 aliphatic carbocycles. The molecule has 0 atom stereocenters. The van der Waals surface area contributed by atoms with Gasteiger partial charge in [-0.15, -0.1) is 0 Å². The summed E-state index contributed by atoms with van der Waals surface area (Å²) in [7, 11) is 0. The van der Waals surface area contributed by atoms with Gasteiger partial charge in [0.25, 0.3) is 5.91 Å². The normalized spacial score (nSPS) is 11.3. The average molecular weight is 483 g/mol. The lowest BCUT2D eigenvalue weighted by atomic mass is 10.1. The Labute approximate surface area is 207 Å². The quantitative estimate of drug-likeness (QED) is 0.342. The third-order valence-electron chi connectivity index (χ3n) is 6.25. The van der Waals surface area contributed by atoms with Gasteiger partial charge in [0.15, 0.2) is 17.1 Å². The molecule has 5 rings (SSSR count). The average Bonchev–Trinajstić information content (AvgIpc) is 3.53. The highest BCUT2D eigenvalue weighted by Crippen LogP contribution is 2.29. The lowest BCUT2D eigenvalue weighted by Crippen LogP contribution is -2.30. The molecule has 1 amide bonds. The summed E-state index contributed by atoms with van der Waals surface area (Å²) in [6.07, 6.45) is 5.91. The lowest BCUT2D eigenvalue weighted by molar-refractivity contribution is -0.118. The molecule has 0 spiro atoms. The van der Waals surface area contributed by atoms with E-state index in [1.54, 1.807) is 29.6 Å². The van der Waals surface area contributed by atoms with Gasteiger partial charge in [0.05, 0.1) is 16.5 Å². The van der Waals surface area contributed by atoms with Crippen molar-refractivity contribution in [2.45, 2.75) is 33.6 Å². The monoisotopic (exact) mass is 482 g/mol. The third-order valence-corrected chi connectivity index (χ3v) is 6.25. The molecule has 36 heavy (non-hydrogen) atoms. The van der Waals surface area contributed by atoms with Crippen LogP contribution in [0.15, 0.2) is 42.9 Å². The number of carbonyl (C=O) groups excluding carboxylic acids is 2. The number of hydrogen-bond acceptors (Lipinski definition) is 7. The maximum absolute atomic E-state index is 13.0. The number of pyridine rings is 3. The summed E-state index contributed by atoms with van der Waals surface area (Å²) in [5.74, 6) is 0.603. The molecule has 0 aromatic carbocycles. The van der Waals surface area contributed by atoms with Crippen LogP contribution in [0.4, 0.5) is 0 Å². The smallest absolute Gasteiger partial charge is 0.256 e. The van der Waals surface area contributed by atoms with E-state index in [1.165, 1.54) is 0 Å². The van der Waals surface area contributed by atoms with E-state index in [-0.39, 0.29) is 11.7 Å². The first-order valence-electron chi connectivity index (χ1n) is 12.0.